The van der Waals surface area contributed by atoms with Gasteiger partial charge in [0.15, 0.2) is 0 Å². The third-order valence-electron chi connectivity index (χ3n) is 2.80. The molecule has 0 aliphatic carbocycles. The molecular formula is C17H16O3. The van der Waals surface area contributed by atoms with Crippen LogP contribution in [0.2, 0.25) is 0 Å². The van der Waals surface area contributed by atoms with Crippen LogP contribution in [-0.4, -0.2) is 17.7 Å². The van der Waals surface area contributed by atoms with Gasteiger partial charge in [0.2, 0.25) is 0 Å². The fraction of sp³-hybridized carbons (Fsp3) is 0.118. The number of carboxylic acids is 1. The first-order valence-corrected chi connectivity index (χ1v) is 6.27. The van der Waals surface area contributed by atoms with E-state index in [1.807, 2.05) is 31.2 Å². The van der Waals surface area contributed by atoms with Gasteiger partial charge in [-0.05, 0) is 47.9 Å². The third kappa shape index (κ3) is 3.48. The summed E-state index contributed by atoms with van der Waals surface area (Å²) in [6.45, 7) is 6.21. The van der Waals surface area contributed by atoms with Gasteiger partial charge in [-0.1, -0.05) is 30.8 Å². The smallest absolute Gasteiger partial charge is 0.335 e. The van der Waals surface area contributed by atoms with Crippen molar-refractivity contribution in [3.05, 3.63) is 66.2 Å². The van der Waals surface area contributed by atoms with E-state index in [0.29, 0.717) is 6.61 Å². The van der Waals surface area contributed by atoms with Crippen LogP contribution in [0, 0.1) is 0 Å². The molecule has 0 amide bonds. The highest BCUT2D eigenvalue weighted by Crippen LogP contribution is 2.23. The Labute approximate surface area is 118 Å². The Morgan fingerprint density at radius 3 is 2.00 bits per heavy atom. The molecule has 0 atom stereocenters. The zero-order valence-corrected chi connectivity index (χ0v) is 11.3. The van der Waals surface area contributed by atoms with Gasteiger partial charge in [-0.3, -0.25) is 0 Å². The van der Waals surface area contributed by atoms with Gasteiger partial charge >= 0.3 is 5.97 Å². The molecule has 0 fully saturated rings. The van der Waals surface area contributed by atoms with Crippen LogP contribution in [0.1, 0.15) is 17.3 Å². The Bertz CT molecular complexity index is 610. The molecule has 3 nitrogen and oxygen atoms in total. The summed E-state index contributed by atoms with van der Waals surface area (Å²) in [5.74, 6) is -0.126. The topological polar surface area (TPSA) is 46.5 Å². The lowest BCUT2D eigenvalue weighted by Crippen LogP contribution is -1.97. The van der Waals surface area contributed by atoms with Crippen LogP contribution in [0.4, 0.5) is 0 Å². The van der Waals surface area contributed by atoms with E-state index in [0.717, 1.165) is 22.4 Å². The molecule has 102 valence electrons. The van der Waals surface area contributed by atoms with E-state index in [1.165, 1.54) is 0 Å². The summed E-state index contributed by atoms with van der Waals surface area (Å²) in [5, 5.41) is 8.86. The molecule has 0 spiro atoms. The molecule has 3 heteroatoms. The van der Waals surface area contributed by atoms with Gasteiger partial charge in [-0.25, -0.2) is 4.79 Å². The molecule has 0 unspecified atom stereocenters. The minimum absolute atomic E-state index is 0.287. The van der Waals surface area contributed by atoms with Gasteiger partial charge in [-0.2, -0.15) is 0 Å². The van der Waals surface area contributed by atoms with Crippen molar-refractivity contribution in [2.75, 3.05) is 6.61 Å². The summed E-state index contributed by atoms with van der Waals surface area (Å²) in [7, 11) is 0. The lowest BCUT2D eigenvalue weighted by atomic mass is 10.0. The van der Waals surface area contributed by atoms with Crippen LogP contribution in [0.3, 0.4) is 0 Å². The number of carboxylic acid groups (broad SMARTS) is 1. The average Bonchev–Trinajstić information content (AvgIpc) is 2.46. The van der Waals surface area contributed by atoms with E-state index in [9.17, 15) is 4.79 Å². The molecule has 2 aromatic carbocycles. The highest BCUT2D eigenvalue weighted by molar-refractivity contribution is 5.88. The Morgan fingerprint density at radius 2 is 1.55 bits per heavy atom. The third-order valence-corrected chi connectivity index (χ3v) is 2.80. The first kappa shape index (κ1) is 13.9. The van der Waals surface area contributed by atoms with E-state index >= 15 is 0 Å². The van der Waals surface area contributed by atoms with Crippen molar-refractivity contribution < 1.29 is 14.6 Å². The normalized spacial score (nSPS) is 10.1. The van der Waals surface area contributed by atoms with E-state index in [1.54, 1.807) is 24.3 Å². The number of ether oxygens (including phenoxy) is 1. The lowest BCUT2D eigenvalue weighted by Gasteiger charge is -2.07. The first-order valence-electron chi connectivity index (χ1n) is 6.27. The molecule has 0 saturated carbocycles. The molecule has 2 rings (SSSR count). The Balaban J connectivity index is 2.13. The number of rotatable bonds is 5. The van der Waals surface area contributed by atoms with Gasteiger partial charge in [0.1, 0.15) is 12.4 Å². The summed E-state index contributed by atoms with van der Waals surface area (Å²) < 4.78 is 5.53. The maximum Gasteiger partial charge on any atom is 0.335 e. The maximum atomic E-state index is 10.8. The Hall–Kier alpha value is -2.55. The Morgan fingerprint density at radius 1 is 1.05 bits per heavy atom. The summed E-state index contributed by atoms with van der Waals surface area (Å²) in [6.07, 6.45) is 0. The van der Waals surface area contributed by atoms with Crippen molar-refractivity contribution in [2.45, 2.75) is 6.92 Å². The van der Waals surface area contributed by atoms with E-state index in [4.69, 9.17) is 9.84 Å². The average molecular weight is 268 g/mol. The fourth-order valence-corrected chi connectivity index (χ4v) is 1.76. The lowest BCUT2D eigenvalue weighted by molar-refractivity contribution is 0.0697. The van der Waals surface area contributed by atoms with E-state index < -0.39 is 5.97 Å². The minimum atomic E-state index is -0.917. The molecule has 2 aromatic rings. The second-order valence-corrected chi connectivity index (χ2v) is 4.65. The Kier molecular flexibility index (Phi) is 4.20. The zero-order valence-electron chi connectivity index (χ0n) is 11.3. The highest BCUT2D eigenvalue weighted by Gasteiger charge is 2.03. The van der Waals surface area contributed by atoms with Crippen LogP contribution >= 0.6 is 0 Å². The molecule has 0 heterocycles. The molecule has 0 radical (unpaired) electrons. The number of aromatic carboxylic acids is 1. The molecule has 0 saturated heterocycles. The van der Waals surface area contributed by atoms with Crippen molar-refractivity contribution in [1.82, 2.24) is 0 Å². The summed E-state index contributed by atoms with van der Waals surface area (Å²) in [6, 6.07) is 14.5. The van der Waals surface area contributed by atoms with Gasteiger partial charge in [0, 0.05) is 0 Å². The molecular weight excluding hydrogens is 252 g/mol. The quantitative estimate of drug-likeness (QED) is 0.833. The largest absolute Gasteiger partial charge is 0.489 e. The van der Waals surface area contributed by atoms with Crippen LogP contribution in [-0.2, 0) is 0 Å². The highest BCUT2D eigenvalue weighted by atomic mass is 16.5. The molecule has 0 bridgehead atoms. The van der Waals surface area contributed by atoms with Crippen LogP contribution < -0.4 is 4.74 Å². The van der Waals surface area contributed by atoms with Crippen LogP contribution in [0.5, 0.6) is 5.75 Å². The van der Waals surface area contributed by atoms with Crippen molar-refractivity contribution in [3.8, 4) is 16.9 Å². The maximum absolute atomic E-state index is 10.8. The van der Waals surface area contributed by atoms with Gasteiger partial charge in [-0.15, -0.1) is 0 Å². The predicted octanol–water partition coefficient (Wildman–Crippen LogP) is 4.01. The molecule has 0 aliphatic rings. The molecule has 0 aromatic heterocycles. The SMILES string of the molecule is C=C(C)COc1ccc(-c2ccc(C(=O)O)cc2)cc1. The number of hydrogen-bond acceptors (Lipinski definition) is 2. The molecule has 20 heavy (non-hydrogen) atoms. The summed E-state index contributed by atoms with van der Waals surface area (Å²) in [5.41, 5.74) is 3.25. The standard InChI is InChI=1S/C17H16O3/c1-12(2)11-20-16-9-7-14(8-10-16)13-3-5-15(6-4-13)17(18)19/h3-10H,1,11H2,2H3,(H,18,19). The van der Waals surface area contributed by atoms with Crippen molar-refractivity contribution in [1.29, 1.82) is 0 Å². The van der Waals surface area contributed by atoms with Crippen LogP contribution in [0.25, 0.3) is 11.1 Å². The first-order chi connectivity index (χ1) is 9.56. The number of hydrogen-bond donors (Lipinski definition) is 1. The molecule has 0 aliphatic heterocycles. The summed E-state index contributed by atoms with van der Waals surface area (Å²) in [4.78, 5) is 10.8. The van der Waals surface area contributed by atoms with Crippen molar-refractivity contribution in [2.24, 2.45) is 0 Å². The minimum Gasteiger partial charge on any atom is -0.489 e. The number of benzene rings is 2. The van der Waals surface area contributed by atoms with E-state index in [-0.39, 0.29) is 5.56 Å². The summed E-state index contributed by atoms with van der Waals surface area (Å²) >= 11 is 0. The number of carbonyl (C=O) groups is 1. The van der Waals surface area contributed by atoms with Gasteiger partial charge in [0.05, 0.1) is 5.56 Å². The van der Waals surface area contributed by atoms with Crippen molar-refractivity contribution >= 4 is 5.97 Å². The second-order valence-electron chi connectivity index (χ2n) is 4.65. The van der Waals surface area contributed by atoms with Crippen LogP contribution in [0.15, 0.2) is 60.7 Å². The predicted molar refractivity (Wildman–Crippen MR) is 79.1 cm³/mol. The monoisotopic (exact) mass is 268 g/mol. The van der Waals surface area contributed by atoms with E-state index in [2.05, 4.69) is 6.58 Å². The zero-order chi connectivity index (χ0) is 14.5. The second kappa shape index (κ2) is 6.06. The van der Waals surface area contributed by atoms with Gasteiger partial charge in [0.25, 0.3) is 0 Å². The molecule has 1 N–H and O–H groups in total. The van der Waals surface area contributed by atoms with Crippen molar-refractivity contribution in [3.63, 3.8) is 0 Å². The fourth-order valence-electron chi connectivity index (χ4n) is 1.76. The van der Waals surface area contributed by atoms with Gasteiger partial charge < -0.3 is 9.84 Å².